The number of hydrogen-bond donors (Lipinski definition) is 2. The molecule has 0 fully saturated rings. The lowest BCUT2D eigenvalue weighted by Crippen LogP contribution is -2.03. The normalized spacial score (nSPS) is 10.1. The fourth-order valence-corrected chi connectivity index (χ4v) is 1.60. The van der Waals surface area contributed by atoms with E-state index in [9.17, 15) is 0 Å². The minimum atomic E-state index is 0.0184. The highest BCUT2D eigenvalue weighted by Gasteiger charge is 2.06. The van der Waals surface area contributed by atoms with E-state index >= 15 is 0 Å². The van der Waals surface area contributed by atoms with Crippen molar-refractivity contribution >= 4 is 29.2 Å². The van der Waals surface area contributed by atoms with Crippen molar-refractivity contribution in [2.75, 3.05) is 25.3 Å². The second-order valence-electron chi connectivity index (χ2n) is 3.51. The number of benzene rings is 1. The second kappa shape index (κ2) is 5.57. The lowest BCUT2D eigenvalue weighted by Gasteiger charge is -2.09. The van der Waals surface area contributed by atoms with E-state index in [1.165, 1.54) is 0 Å². The highest BCUT2D eigenvalue weighted by molar-refractivity contribution is 6.28. The predicted octanol–water partition coefficient (Wildman–Crippen LogP) is 1.87. The van der Waals surface area contributed by atoms with E-state index in [4.69, 9.17) is 26.8 Å². The maximum absolute atomic E-state index is 5.70. The lowest BCUT2D eigenvalue weighted by molar-refractivity contribution is 0.395. The van der Waals surface area contributed by atoms with Crippen molar-refractivity contribution in [3.05, 3.63) is 23.5 Å². The third-order valence-corrected chi connectivity index (χ3v) is 2.40. The van der Waals surface area contributed by atoms with Crippen LogP contribution in [0.1, 0.15) is 0 Å². The second-order valence-corrected chi connectivity index (χ2v) is 3.85. The third kappa shape index (κ3) is 3.35. The van der Waals surface area contributed by atoms with E-state index < -0.39 is 0 Å². The van der Waals surface area contributed by atoms with Crippen LogP contribution in [0.5, 0.6) is 11.5 Å². The average Bonchev–Trinajstić information content (AvgIpc) is 2.37. The number of rotatable bonds is 4. The molecule has 0 atom stereocenters. The molecule has 1 heterocycles. The van der Waals surface area contributed by atoms with Crippen LogP contribution < -0.4 is 20.5 Å². The van der Waals surface area contributed by atoms with Gasteiger partial charge >= 0.3 is 0 Å². The van der Waals surface area contributed by atoms with E-state index in [1.807, 2.05) is 0 Å². The monoisotopic (exact) mass is 281 g/mol. The van der Waals surface area contributed by atoms with E-state index in [-0.39, 0.29) is 17.2 Å². The maximum atomic E-state index is 5.70. The first-order valence-electron chi connectivity index (χ1n) is 5.28. The molecule has 100 valence electrons. The zero-order chi connectivity index (χ0) is 13.8. The van der Waals surface area contributed by atoms with Crippen LogP contribution in [0.4, 0.5) is 17.6 Å². The molecule has 0 unspecified atom stereocenters. The van der Waals surface area contributed by atoms with Crippen LogP contribution in [0.2, 0.25) is 5.28 Å². The summed E-state index contributed by atoms with van der Waals surface area (Å²) in [6.45, 7) is 0. The van der Waals surface area contributed by atoms with Gasteiger partial charge in [-0.1, -0.05) is 0 Å². The summed E-state index contributed by atoms with van der Waals surface area (Å²) >= 11 is 5.70. The minimum Gasteiger partial charge on any atom is -0.497 e. The van der Waals surface area contributed by atoms with Crippen molar-refractivity contribution in [2.24, 2.45) is 0 Å². The number of hydrogen-bond acceptors (Lipinski definition) is 7. The summed E-state index contributed by atoms with van der Waals surface area (Å²) in [4.78, 5) is 11.5. The highest BCUT2D eigenvalue weighted by Crippen LogP contribution is 2.27. The van der Waals surface area contributed by atoms with E-state index in [0.29, 0.717) is 17.2 Å². The van der Waals surface area contributed by atoms with E-state index in [1.54, 1.807) is 32.4 Å². The molecule has 7 nitrogen and oxygen atoms in total. The Morgan fingerprint density at radius 3 is 2.21 bits per heavy atom. The molecule has 8 heteroatoms. The number of nitrogens with zero attached hydrogens (tertiary/aromatic N) is 3. The van der Waals surface area contributed by atoms with Gasteiger partial charge in [0.15, 0.2) is 0 Å². The number of halogens is 1. The molecular weight excluding hydrogens is 270 g/mol. The van der Waals surface area contributed by atoms with Gasteiger partial charge in [0.2, 0.25) is 17.2 Å². The van der Waals surface area contributed by atoms with Crippen LogP contribution in [0.3, 0.4) is 0 Å². The largest absolute Gasteiger partial charge is 0.497 e. The van der Waals surface area contributed by atoms with Gasteiger partial charge in [-0.3, -0.25) is 0 Å². The Balaban J connectivity index is 2.31. The smallest absolute Gasteiger partial charge is 0.233 e. The summed E-state index contributed by atoms with van der Waals surface area (Å²) in [5.41, 5.74) is 6.17. The van der Waals surface area contributed by atoms with E-state index in [2.05, 4.69) is 20.3 Å². The van der Waals surface area contributed by atoms with Crippen LogP contribution in [-0.4, -0.2) is 29.2 Å². The number of ether oxygens (including phenoxy) is 2. The number of nitrogens with two attached hydrogens (primary N) is 1. The molecule has 2 rings (SSSR count). The predicted molar refractivity (Wildman–Crippen MR) is 72.1 cm³/mol. The van der Waals surface area contributed by atoms with Crippen LogP contribution >= 0.6 is 11.6 Å². The molecule has 0 saturated carbocycles. The molecule has 1 aromatic heterocycles. The summed E-state index contributed by atoms with van der Waals surface area (Å²) < 4.78 is 10.3. The molecule has 1 aromatic carbocycles. The summed E-state index contributed by atoms with van der Waals surface area (Å²) in [6.07, 6.45) is 0. The molecule has 0 radical (unpaired) electrons. The quantitative estimate of drug-likeness (QED) is 0.883. The first kappa shape index (κ1) is 13.2. The van der Waals surface area contributed by atoms with Crippen molar-refractivity contribution in [3.8, 4) is 11.5 Å². The molecule has 0 aliphatic rings. The lowest BCUT2D eigenvalue weighted by atomic mass is 10.3. The van der Waals surface area contributed by atoms with Gasteiger partial charge in [0, 0.05) is 23.9 Å². The molecule has 0 spiro atoms. The number of anilines is 3. The van der Waals surface area contributed by atoms with Crippen molar-refractivity contribution in [3.63, 3.8) is 0 Å². The van der Waals surface area contributed by atoms with Gasteiger partial charge in [-0.15, -0.1) is 0 Å². The number of nitrogens with one attached hydrogen (secondary N) is 1. The highest BCUT2D eigenvalue weighted by atomic mass is 35.5. The fourth-order valence-electron chi connectivity index (χ4n) is 1.43. The number of aromatic nitrogens is 3. The molecule has 0 amide bonds. The number of methoxy groups -OCH3 is 2. The maximum Gasteiger partial charge on any atom is 0.233 e. The average molecular weight is 282 g/mol. The first-order chi connectivity index (χ1) is 9.10. The molecular formula is C11H12ClN5O2. The van der Waals surface area contributed by atoms with Crippen molar-refractivity contribution in [1.29, 1.82) is 0 Å². The van der Waals surface area contributed by atoms with E-state index in [0.717, 1.165) is 0 Å². The van der Waals surface area contributed by atoms with Gasteiger partial charge in [0.05, 0.1) is 14.2 Å². The van der Waals surface area contributed by atoms with Gasteiger partial charge in [0.1, 0.15) is 11.5 Å². The van der Waals surface area contributed by atoms with Crippen molar-refractivity contribution in [2.45, 2.75) is 0 Å². The standard InChI is InChI=1S/C11H12ClN5O2/c1-18-7-3-6(4-8(5-7)19-2)14-11-16-9(12)15-10(13)17-11/h3-5H,1-2H3,(H3,13,14,15,16,17). The molecule has 3 N–H and O–H groups in total. The van der Waals surface area contributed by atoms with Gasteiger partial charge in [0.25, 0.3) is 0 Å². The summed E-state index contributed by atoms with van der Waals surface area (Å²) in [5, 5.41) is 2.97. The Morgan fingerprint density at radius 1 is 1.05 bits per heavy atom. The molecule has 0 bridgehead atoms. The SMILES string of the molecule is COc1cc(Nc2nc(N)nc(Cl)n2)cc(OC)c1. The Morgan fingerprint density at radius 2 is 1.68 bits per heavy atom. The Labute approximate surface area is 114 Å². The molecule has 0 saturated heterocycles. The van der Waals surface area contributed by atoms with Crippen LogP contribution in [0.15, 0.2) is 18.2 Å². The summed E-state index contributed by atoms with van der Waals surface area (Å²) in [7, 11) is 3.13. The van der Waals surface area contributed by atoms with Crippen LogP contribution in [-0.2, 0) is 0 Å². The number of nitrogen functional groups attached to an aromatic ring is 1. The molecule has 2 aromatic rings. The minimum absolute atomic E-state index is 0.0184. The van der Waals surface area contributed by atoms with Gasteiger partial charge in [-0.25, -0.2) is 0 Å². The zero-order valence-corrected chi connectivity index (χ0v) is 11.1. The van der Waals surface area contributed by atoms with Crippen molar-refractivity contribution in [1.82, 2.24) is 15.0 Å². The molecule has 19 heavy (non-hydrogen) atoms. The Kier molecular flexibility index (Phi) is 3.86. The van der Waals surface area contributed by atoms with Gasteiger partial charge < -0.3 is 20.5 Å². The first-order valence-corrected chi connectivity index (χ1v) is 5.65. The summed E-state index contributed by atoms with van der Waals surface area (Å²) in [5.74, 6) is 1.55. The third-order valence-electron chi connectivity index (χ3n) is 2.23. The summed E-state index contributed by atoms with van der Waals surface area (Å²) in [6, 6.07) is 5.27. The Hall–Kier alpha value is -2.28. The van der Waals surface area contributed by atoms with Crippen LogP contribution in [0.25, 0.3) is 0 Å². The van der Waals surface area contributed by atoms with Crippen molar-refractivity contribution < 1.29 is 9.47 Å². The Bertz CT molecular complexity index is 551. The topological polar surface area (TPSA) is 95.2 Å². The fraction of sp³-hybridized carbons (Fsp3) is 0.182. The molecule has 0 aliphatic carbocycles. The van der Waals surface area contributed by atoms with Crippen LogP contribution in [0, 0.1) is 0 Å². The molecule has 0 aliphatic heterocycles. The van der Waals surface area contributed by atoms with Gasteiger partial charge in [-0.05, 0) is 11.6 Å². The zero-order valence-electron chi connectivity index (χ0n) is 10.3. The van der Waals surface area contributed by atoms with Gasteiger partial charge in [-0.2, -0.15) is 15.0 Å².